The van der Waals surface area contributed by atoms with E-state index < -0.39 is 0 Å². The zero-order valence-corrected chi connectivity index (χ0v) is 12.1. The molecule has 0 heterocycles. The predicted octanol–water partition coefficient (Wildman–Crippen LogP) is 2.38. The lowest BCUT2D eigenvalue weighted by molar-refractivity contribution is 0.0941. The zero-order chi connectivity index (χ0) is 14.1. The van der Waals surface area contributed by atoms with Crippen molar-refractivity contribution < 1.29 is 14.3 Å². The van der Waals surface area contributed by atoms with Crippen molar-refractivity contribution in [2.24, 2.45) is 0 Å². The van der Waals surface area contributed by atoms with Crippen LogP contribution in [0.4, 0.5) is 0 Å². The van der Waals surface area contributed by atoms with Crippen molar-refractivity contribution in [1.82, 2.24) is 5.32 Å². The number of benzene rings is 1. The van der Waals surface area contributed by atoms with Gasteiger partial charge in [0.25, 0.3) is 5.91 Å². The molecular weight excluding hydrogens is 266 g/mol. The molecule has 1 aromatic rings. The van der Waals surface area contributed by atoms with Gasteiger partial charge in [-0.05, 0) is 25.5 Å². The summed E-state index contributed by atoms with van der Waals surface area (Å²) in [4.78, 5) is 12.0. The predicted molar refractivity (Wildman–Crippen MR) is 76.2 cm³/mol. The summed E-state index contributed by atoms with van der Waals surface area (Å²) >= 11 is 5.48. The topological polar surface area (TPSA) is 47.6 Å². The number of aryl methyl sites for hydroxylation is 1. The summed E-state index contributed by atoms with van der Waals surface area (Å²) in [5.74, 6) is 0.951. The van der Waals surface area contributed by atoms with Gasteiger partial charge in [0.05, 0.1) is 19.3 Å². The number of ether oxygens (including phenoxy) is 2. The van der Waals surface area contributed by atoms with Gasteiger partial charge in [0, 0.05) is 19.0 Å². The van der Waals surface area contributed by atoms with Crippen LogP contribution in [-0.4, -0.2) is 38.7 Å². The van der Waals surface area contributed by atoms with E-state index in [1.54, 1.807) is 13.2 Å². The first-order valence-electron chi connectivity index (χ1n) is 6.25. The first-order chi connectivity index (χ1) is 9.19. The second kappa shape index (κ2) is 8.77. The Bertz CT molecular complexity index is 410. The molecule has 19 heavy (non-hydrogen) atoms. The number of halogens is 1. The van der Waals surface area contributed by atoms with Crippen molar-refractivity contribution >= 4 is 17.5 Å². The van der Waals surface area contributed by atoms with Crippen LogP contribution in [0.5, 0.6) is 5.75 Å². The number of hydrogen-bond acceptors (Lipinski definition) is 3. The molecule has 0 aliphatic heterocycles. The van der Waals surface area contributed by atoms with Crippen molar-refractivity contribution in [2.75, 3.05) is 32.7 Å². The van der Waals surface area contributed by atoms with Gasteiger partial charge in [0.1, 0.15) is 5.75 Å². The minimum absolute atomic E-state index is 0.127. The van der Waals surface area contributed by atoms with Crippen LogP contribution in [-0.2, 0) is 4.74 Å². The van der Waals surface area contributed by atoms with Gasteiger partial charge in [-0.15, -0.1) is 11.6 Å². The van der Waals surface area contributed by atoms with Gasteiger partial charge in [-0.3, -0.25) is 4.79 Å². The minimum atomic E-state index is -0.127. The molecule has 1 rings (SSSR count). The molecule has 0 aliphatic rings. The summed E-state index contributed by atoms with van der Waals surface area (Å²) in [6.45, 7) is 3.65. The summed E-state index contributed by atoms with van der Waals surface area (Å²) in [6.07, 6.45) is 0.761. The van der Waals surface area contributed by atoms with E-state index in [-0.39, 0.29) is 5.91 Å². The SMILES string of the molecule is COc1ccc(C)cc1C(=O)NCCCOCCCl. The van der Waals surface area contributed by atoms with E-state index in [1.807, 2.05) is 19.1 Å². The number of methoxy groups -OCH3 is 1. The van der Waals surface area contributed by atoms with Crippen molar-refractivity contribution in [3.8, 4) is 5.75 Å². The van der Waals surface area contributed by atoms with Gasteiger partial charge >= 0.3 is 0 Å². The van der Waals surface area contributed by atoms with Crippen LogP contribution in [0.2, 0.25) is 0 Å². The molecule has 0 bridgehead atoms. The monoisotopic (exact) mass is 285 g/mol. The van der Waals surface area contributed by atoms with E-state index in [0.717, 1.165) is 12.0 Å². The molecule has 0 saturated heterocycles. The van der Waals surface area contributed by atoms with Gasteiger partial charge in [0.15, 0.2) is 0 Å². The molecule has 0 aliphatic carbocycles. The Morgan fingerprint density at radius 3 is 2.84 bits per heavy atom. The first-order valence-corrected chi connectivity index (χ1v) is 6.79. The Labute approximate surface area is 119 Å². The molecule has 0 fully saturated rings. The number of carbonyl (C=O) groups is 1. The second-order valence-electron chi connectivity index (χ2n) is 4.11. The maximum atomic E-state index is 12.0. The molecule has 1 N–H and O–H groups in total. The fourth-order valence-electron chi connectivity index (χ4n) is 1.63. The largest absolute Gasteiger partial charge is 0.496 e. The van der Waals surface area contributed by atoms with E-state index >= 15 is 0 Å². The van der Waals surface area contributed by atoms with Crippen molar-refractivity contribution in [1.29, 1.82) is 0 Å². The molecule has 1 amide bonds. The van der Waals surface area contributed by atoms with Crippen LogP contribution in [0, 0.1) is 6.92 Å². The van der Waals surface area contributed by atoms with E-state index in [1.165, 1.54) is 0 Å². The number of hydrogen-bond donors (Lipinski definition) is 1. The highest BCUT2D eigenvalue weighted by Gasteiger charge is 2.11. The van der Waals surface area contributed by atoms with Crippen molar-refractivity contribution in [3.63, 3.8) is 0 Å². The van der Waals surface area contributed by atoms with Gasteiger partial charge in [-0.1, -0.05) is 11.6 Å². The van der Waals surface area contributed by atoms with Crippen molar-refractivity contribution in [2.45, 2.75) is 13.3 Å². The Morgan fingerprint density at radius 1 is 1.37 bits per heavy atom. The average Bonchev–Trinajstić information content (AvgIpc) is 2.42. The molecule has 4 nitrogen and oxygen atoms in total. The molecule has 106 valence electrons. The van der Waals surface area contributed by atoms with Crippen LogP contribution in [0.3, 0.4) is 0 Å². The van der Waals surface area contributed by atoms with Crippen LogP contribution < -0.4 is 10.1 Å². The third-order valence-electron chi connectivity index (χ3n) is 2.57. The van der Waals surface area contributed by atoms with E-state index in [4.69, 9.17) is 21.1 Å². The van der Waals surface area contributed by atoms with Crippen molar-refractivity contribution in [3.05, 3.63) is 29.3 Å². The lowest BCUT2D eigenvalue weighted by Gasteiger charge is -2.10. The number of rotatable bonds is 8. The van der Waals surface area contributed by atoms with E-state index in [9.17, 15) is 4.79 Å². The molecule has 1 aromatic carbocycles. The Morgan fingerprint density at radius 2 is 2.16 bits per heavy atom. The lowest BCUT2D eigenvalue weighted by Crippen LogP contribution is -2.25. The minimum Gasteiger partial charge on any atom is -0.496 e. The molecule has 0 spiro atoms. The van der Waals surface area contributed by atoms with E-state index in [2.05, 4.69) is 5.32 Å². The van der Waals surface area contributed by atoms with Crippen LogP contribution in [0.1, 0.15) is 22.3 Å². The van der Waals surface area contributed by atoms with Gasteiger partial charge in [0.2, 0.25) is 0 Å². The fraction of sp³-hybridized carbons (Fsp3) is 0.500. The van der Waals surface area contributed by atoms with Crippen LogP contribution >= 0.6 is 11.6 Å². The second-order valence-corrected chi connectivity index (χ2v) is 4.49. The maximum absolute atomic E-state index is 12.0. The third-order valence-corrected chi connectivity index (χ3v) is 2.73. The Hall–Kier alpha value is -1.26. The van der Waals surface area contributed by atoms with Gasteiger partial charge < -0.3 is 14.8 Å². The molecule has 0 saturated carbocycles. The molecule has 0 aromatic heterocycles. The molecule has 5 heteroatoms. The highest BCUT2D eigenvalue weighted by atomic mass is 35.5. The summed E-state index contributed by atoms with van der Waals surface area (Å²) in [5.41, 5.74) is 1.58. The Kier molecular flexibility index (Phi) is 7.30. The zero-order valence-electron chi connectivity index (χ0n) is 11.4. The summed E-state index contributed by atoms with van der Waals surface area (Å²) < 4.78 is 10.4. The summed E-state index contributed by atoms with van der Waals surface area (Å²) in [5, 5.41) is 2.85. The molecule has 0 unspecified atom stereocenters. The normalized spacial score (nSPS) is 10.3. The highest BCUT2D eigenvalue weighted by Crippen LogP contribution is 2.19. The number of nitrogens with one attached hydrogen (secondary N) is 1. The maximum Gasteiger partial charge on any atom is 0.255 e. The number of carbonyl (C=O) groups excluding carboxylic acids is 1. The fourth-order valence-corrected chi connectivity index (χ4v) is 1.74. The molecule has 0 radical (unpaired) electrons. The van der Waals surface area contributed by atoms with Gasteiger partial charge in [-0.2, -0.15) is 0 Å². The summed E-state index contributed by atoms with van der Waals surface area (Å²) in [6, 6.07) is 5.53. The summed E-state index contributed by atoms with van der Waals surface area (Å²) in [7, 11) is 1.56. The Balaban J connectivity index is 2.43. The third kappa shape index (κ3) is 5.49. The lowest BCUT2D eigenvalue weighted by atomic mass is 10.1. The molecular formula is C14H20ClNO3. The van der Waals surface area contributed by atoms with Gasteiger partial charge in [-0.25, -0.2) is 0 Å². The standard InChI is InChI=1S/C14H20ClNO3/c1-11-4-5-13(18-2)12(10-11)14(17)16-7-3-8-19-9-6-15/h4-5,10H,3,6-9H2,1-2H3,(H,16,17). The van der Waals surface area contributed by atoms with Crippen LogP contribution in [0.15, 0.2) is 18.2 Å². The quantitative estimate of drug-likeness (QED) is 0.589. The van der Waals surface area contributed by atoms with Crippen LogP contribution in [0.25, 0.3) is 0 Å². The smallest absolute Gasteiger partial charge is 0.255 e. The molecule has 0 atom stereocenters. The van der Waals surface area contributed by atoms with E-state index in [0.29, 0.717) is 37.0 Å². The average molecular weight is 286 g/mol. The number of amides is 1. The number of alkyl halides is 1. The first kappa shape index (κ1) is 15.8. The highest BCUT2D eigenvalue weighted by molar-refractivity contribution is 6.17.